The van der Waals surface area contributed by atoms with Crippen molar-refractivity contribution in [3.05, 3.63) is 47.5 Å². The number of hydrogen-bond donors (Lipinski definition) is 1. The Morgan fingerprint density at radius 3 is 2.50 bits per heavy atom. The molecule has 0 radical (unpaired) electrons. The molecule has 2 rings (SSSR count). The second-order valence-corrected chi connectivity index (χ2v) is 3.88. The number of nitrogens with two attached hydrogens (primary N) is 1. The number of rotatable bonds is 1. The van der Waals surface area contributed by atoms with Gasteiger partial charge in [-0.25, -0.2) is 4.39 Å². The van der Waals surface area contributed by atoms with E-state index in [0.29, 0.717) is 11.3 Å². The zero-order chi connectivity index (χ0) is 11.7. The molecule has 0 aliphatic heterocycles. The van der Waals surface area contributed by atoms with E-state index in [1.165, 1.54) is 6.07 Å². The first-order valence-electron chi connectivity index (χ1n) is 5.06. The Hall–Kier alpha value is -1.90. The van der Waals surface area contributed by atoms with Gasteiger partial charge in [-0.2, -0.15) is 0 Å². The van der Waals surface area contributed by atoms with Crippen molar-refractivity contribution in [2.75, 3.05) is 5.73 Å². The molecule has 0 bridgehead atoms. The molecule has 0 aliphatic carbocycles. The quantitative estimate of drug-likeness (QED) is 0.795. The monoisotopic (exact) mass is 216 g/mol. The third-order valence-corrected chi connectivity index (χ3v) is 2.61. The summed E-state index contributed by atoms with van der Waals surface area (Å²) in [5.41, 5.74) is 9.97. The Bertz CT molecular complexity index is 515. The van der Waals surface area contributed by atoms with Gasteiger partial charge >= 0.3 is 0 Å². The average molecular weight is 216 g/mol. The zero-order valence-electron chi connectivity index (χ0n) is 9.29. The maximum absolute atomic E-state index is 13.2. The van der Waals surface area contributed by atoms with Crippen molar-refractivity contribution >= 4 is 5.69 Å². The molecule has 0 saturated carbocycles. The Balaban J connectivity index is 2.63. The van der Waals surface area contributed by atoms with Gasteiger partial charge in [0.1, 0.15) is 5.82 Å². The molecule has 3 heteroatoms. The molecule has 82 valence electrons. The van der Waals surface area contributed by atoms with Gasteiger partial charge in [-0.3, -0.25) is 4.98 Å². The van der Waals surface area contributed by atoms with Crippen molar-refractivity contribution < 1.29 is 4.39 Å². The average Bonchev–Trinajstić information content (AvgIpc) is 2.23. The van der Waals surface area contributed by atoms with E-state index < -0.39 is 0 Å². The number of anilines is 1. The number of aromatic nitrogens is 1. The molecule has 1 aromatic carbocycles. The number of benzene rings is 1. The Morgan fingerprint density at radius 1 is 1.12 bits per heavy atom. The standard InChI is InChI=1S/C13H13FN2/c1-8-5-10(3-4-11(8)14)13-9(2)6-16-7-12(13)15/h3-7H,15H2,1-2H3. The minimum absolute atomic E-state index is 0.200. The first-order chi connectivity index (χ1) is 7.59. The van der Waals surface area contributed by atoms with Crippen LogP contribution in [0, 0.1) is 19.7 Å². The van der Waals surface area contributed by atoms with Crippen LogP contribution in [0.4, 0.5) is 10.1 Å². The second-order valence-electron chi connectivity index (χ2n) is 3.88. The van der Waals surface area contributed by atoms with Crippen LogP contribution in [0.1, 0.15) is 11.1 Å². The predicted molar refractivity (Wildman–Crippen MR) is 63.5 cm³/mol. The summed E-state index contributed by atoms with van der Waals surface area (Å²) < 4.78 is 13.2. The molecule has 0 atom stereocenters. The van der Waals surface area contributed by atoms with Gasteiger partial charge < -0.3 is 5.73 Å². The lowest BCUT2D eigenvalue weighted by molar-refractivity contribution is 0.619. The van der Waals surface area contributed by atoms with Crippen molar-refractivity contribution in [3.63, 3.8) is 0 Å². The molecular formula is C13H13FN2. The number of nitrogens with zero attached hydrogens (tertiary/aromatic N) is 1. The maximum Gasteiger partial charge on any atom is 0.126 e. The summed E-state index contributed by atoms with van der Waals surface area (Å²) in [6.45, 7) is 3.68. The highest BCUT2D eigenvalue weighted by atomic mass is 19.1. The molecular weight excluding hydrogens is 203 g/mol. The SMILES string of the molecule is Cc1cc(-c2c(C)cncc2N)ccc1F. The number of hydrogen-bond acceptors (Lipinski definition) is 2. The third kappa shape index (κ3) is 1.76. The van der Waals surface area contributed by atoms with Gasteiger partial charge in [0, 0.05) is 11.8 Å². The number of aryl methyl sites for hydroxylation is 2. The van der Waals surface area contributed by atoms with Crippen molar-refractivity contribution in [3.8, 4) is 11.1 Å². The van der Waals surface area contributed by atoms with Crippen molar-refractivity contribution in [2.45, 2.75) is 13.8 Å². The van der Waals surface area contributed by atoms with Crippen LogP contribution in [0.25, 0.3) is 11.1 Å². The topological polar surface area (TPSA) is 38.9 Å². The smallest absolute Gasteiger partial charge is 0.126 e. The first-order valence-corrected chi connectivity index (χ1v) is 5.06. The van der Waals surface area contributed by atoms with Gasteiger partial charge in [0.15, 0.2) is 0 Å². The largest absolute Gasteiger partial charge is 0.397 e. The van der Waals surface area contributed by atoms with E-state index in [1.54, 1.807) is 31.5 Å². The highest BCUT2D eigenvalue weighted by molar-refractivity contribution is 5.78. The lowest BCUT2D eigenvalue weighted by atomic mass is 9.99. The molecule has 0 spiro atoms. The molecule has 0 unspecified atom stereocenters. The van der Waals surface area contributed by atoms with E-state index in [1.807, 2.05) is 6.92 Å². The summed E-state index contributed by atoms with van der Waals surface area (Å²) >= 11 is 0. The maximum atomic E-state index is 13.2. The summed E-state index contributed by atoms with van der Waals surface area (Å²) in [7, 11) is 0. The molecule has 2 nitrogen and oxygen atoms in total. The number of halogens is 1. The molecule has 0 saturated heterocycles. The highest BCUT2D eigenvalue weighted by Crippen LogP contribution is 2.29. The Kier molecular flexibility index (Phi) is 2.60. The van der Waals surface area contributed by atoms with Crippen molar-refractivity contribution in [1.82, 2.24) is 4.98 Å². The van der Waals surface area contributed by atoms with Gasteiger partial charge in [0.05, 0.1) is 11.9 Å². The molecule has 1 aromatic heterocycles. The molecule has 2 aromatic rings. The summed E-state index contributed by atoms with van der Waals surface area (Å²) in [4.78, 5) is 4.01. The van der Waals surface area contributed by atoms with Crippen LogP contribution in [0.15, 0.2) is 30.6 Å². The molecule has 0 fully saturated rings. The number of nitrogen functional groups attached to an aromatic ring is 1. The van der Waals surface area contributed by atoms with E-state index >= 15 is 0 Å². The Labute approximate surface area is 93.9 Å². The van der Waals surface area contributed by atoms with Crippen LogP contribution in [-0.2, 0) is 0 Å². The van der Waals surface area contributed by atoms with Crippen LogP contribution < -0.4 is 5.73 Å². The van der Waals surface area contributed by atoms with Gasteiger partial charge in [0.2, 0.25) is 0 Å². The summed E-state index contributed by atoms with van der Waals surface area (Å²) in [6.07, 6.45) is 3.37. The summed E-state index contributed by atoms with van der Waals surface area (Å²) in [5, 5.41) is 0. The third-order valence-electron chi connectivity index (χ3n) is 2.61. The molecule has 2 N–H and O–H groups in total. The van der Waals surface area contributed by atoms with E-state index in [0.717, 1.165) is 16.7 Å². The van der Waals surface area contributed by atoms with Gasteiger partial charge in [0.25, 0.3) is 0 Å². The zero-order valence-corrected chi connectivity index (χ0v) is 9.29. The van der Waals surface area contributed by atoms with Gasteiger partial charge in [-0.1, -0.05) is 6.07 Å². The lowest BCUT2D eigenvalue weighted by Gasteiger charge is -2.09. The minimum Gasteiger partial charge on any atom is -0.397 e. The fourth-order valence-electron chi connectivity index (χ4n) is 1.78. The van der Waals surface area contributed by atoms with Crippen LogP contribution in [0.5, 0.6) is 0 Å². The minimum atomic E-state index is -0.200. The second kappa shape index (κ2) is 3.93. The predicted octanol–water partition coefficient (Wildman–Crippen LogP) is 3.09. The molecule has 1 heterocycles. The summed E-state index contributed by atoms with van der Waals surface area (Å²) in [5.74, 6) is -0.200. The fraction of sp³-hybridized carbons (Fsp3) is 0.154. The Morgan fingerprint density at radius 2 is 1.88 bits per heavy atom. The van der Waals surface area contributed by atoms with Crippen LogP contribution in [0.2, 0.25) is 0 Å². The van der Waals surface area contributed by atoms with Crippen molar-refractivity contribution in [1.29, 1.82) is 0 Å². The van der Waals surface area contributed by atoms with Gasteiger partial charge in [-0.15, -0.1) is 0 Å². The molecule has 0 aliphatic rings. The van der Waals surface area contributed by atoms with E-state index in [-0.39, 0.29) is 5.82 Å². The molecule has 0 amide bonds. The van der Waals surface area contributed by atoms with Gasteiger partial charge in [-0.05, 0) is 42.7 Å². The van der Waals surface area contributed by atoms with Crippen molar-refractivity contribution in [2.24, 2.45) is 0 Å². The normalized spacial score (nSPS) is 10.4. The summed E-state index contributed by atoms with van der Waals surface area (Å²) in [6, 6.07) is 5.00. The van der Waals surface area contributed by atoms with E-state index in [4.69, 9.17) is 5.73 Å². The van der Waals surface area contributed by atoms with Crippen LogP contribution in [0.3, 0.4) is 0 Å². The van der Waals surface area contributed by atoms with Crippen LogP contribution in [-0.4, -0.2) is 4.98 Å². The fourth-order valence-corrected chi connectivity index (χ4v) is 1.78. The highest BCUT2D eigenvalue weighted by Gasteiger charge is 2.08. The molecule has 16 heavy (non-hydrogen) atoms. The number of pyridine rings is 1. The van der Waals surface area contributed by atoms with E-state index in [2.05, 4.69) is 4.98 Å². The lowest BCUT2D eigenvalue weighted by Crippen LogP contribution is -1.95. The van der Waals surface area contributed by atoms with Crippen LogP contribution >= 0.6 is 0 Å². The van der Waals surface area contributed by atoms with E-state index in [9.17, 15) is 4.39 Å². The first kappa shape index (κ1) is 10.6.